The smallest absolute Gasteiger partial charge is 0.338 e. The third kappa shape index (κ3) is 5.67. The predicted octanol–water partition coefficient (Wildman–Crippen LogP) is 4.55. The molecule has 40 heavy (non-hydrogen) atoms. The van der Waals surface area contributed by atoms with E-state index in [4.69, 9.17) is 14.2 Å². The van der Waals surface area contributed by atoms with E-state index in [0.29, 0.717) is 33.0 Å². The Kier molecular flexibility index (Phi) is 8.07. The highest BCUT2D eigenvalue weighted by atomic mass is 32.1. The summed E-state index contributed by atoms with van der Waals surface area (Å²) in [4.78, 5) is 32.0. The summed E-state index contributed by atoms with van der Waals surface area (Å²) in [5, 5.41) is 0. The van der Waals surface area contributed by atoms with Crippen molar-refractivity contribution in [1.82, 2.24) is 4.57 Å². The van der Waals surface area contributed by atoms with Gasteiger partial charge in [0.1, 0.15) is 24.7 Å². The minimum Gasteiger partial charge on any atom is -0.497 e. The van der Waals surface area contributed by atoms with Crippen molar-refractivity contribution in [3.8, 4) is 11.5 Å². The Labute approximate surface area is 235 Å². The zero-order valence-corrected chi connectivity index (χ0v) is 23.0. The molecule has 2 heterocycles. The van der Waals surface area contributed by atoms with Crippen molar-refractivity contribution in [2.75, 3.05) is 13.7 Å². The first-order valence-electron chi connectivity index (χ1n) is 12.7. The number of carbonyl (C=O) groups is 1. The van der Waals surface area contributed by atoms with E-state index in [9.17, 15) is 9.59 Å². The van der Waals surface area contributed by atoms with Gasteiger partial charge in [-0.2, -0.15) is 0 Å². The lowest BCUT2D eigenvalue weighted by Crippen LogP contribution is -2.39. The normalized spacial score (nSPS) is 14.8. The van der Waals surface area contributed by atoms with E-state index in [2.05, 4.69) is 11.6 Å². The highest BCUT2D eigenvalue weighted by Gasteiger charge is 2.33. The van der Waals surface area contributed by atoms with Crippen LogP contribution in [0.4, 0.5) is 0 Å². The van der Waals surface area contributed by atoms with Gasteiger partial charge < -0.3 is 14.2 Å². The van der Waals surface area contributed by atoms with Crippen LogP contribution in [0.3, 0.4) is 0 Å². The zero-order chi connectivity index (χ0) is 28.1. The molecule has 0 amide bonds. The fourth-order valence-corrected chi connectivity index (χ4v) is 5.50. The lowest BCUT2D eigenvalue weighted by atomic mass is 9.96. The number of hydrogen-bond acceptors (Lipinski definition) is 7. The number of methoxy groups -OCH3 is 1. The van der Waals surface area contributed by atoms with Crippen molar-refractivity contribution < 1.29 is 19.0 Å². The Morgan fingerprint density at radius 1 is 1.02 bits per heavy atom. The van der Waals surface area contributed by atoms with Crippen LogP contribution in [0.5, 0.6) is 11.5 Å². The molecule has 0 radical (unpaired) electrons. The van der Waals surface area contributed by atoms with Crippen LogP contribution in [0.1, 0.15) is 29.7 Å². The Balaban J connectivity index is 1.50. The van der Waals surface area contributed by atoms with Gasteiger partial charge in [0, 0.05) is 0 Å². The summed E-state index contributed by atoms with van der Waals surface area (Å²) in [6.07, 6.45) is 3.33. The lowest BCUT2D eigenvalue weighted by molar-refractivity contribution is -0.138. The second-order valence-electron chi connectivity index (χ2n) is 9.09. The number of allylic oxidation sites excluding steroid dienone is 1. The number of rotatable bonds is 9. The van der Waals surface area contributed by atoms with Crippen molar-refractivity contribution in [3.05, 3.63) is 139 Å². The number of thiazole rings is 1. The summed E-state index contributed by atoms with van der Waals surface area (Å²) in [6.45, 7) is 5.91. The topological polar surface area (TPSA) is 79.1 Å². The van der Waals surface area contributed by atoms with Crippen LogP contribution < -0.4 is 24.4 Å². The predicted molar refractivity (Wildman–Crippen MR) is 155 cm³/mol. The number of hydrogen-bond donors (Lipinski definition) is 0. The third-order valence-electron chi connectivity index (χ3n) is 6.43. The molecule has 1 aliphatic heterocycles. The number of fused-ring (bicyclic) bond motifs is 1. The summed E-state index contributed by atoms with van der Waals surface area (Å²) in [5.74, 6) is 0.867. The van der Waals surface area contributed by atoms with Gasteiger partial charge in [-0.05, 0) is 54.0 Å². The van der Waals surface area contributed by atoms with Crippen molar-refractivity contribution in [2.24, 2.45) is 4.99 Å². The van der Waals surface area contributed by atoms with Crippen molar-refractivity contribution in [1.29, 1.82) is 0 Å². The van der Waals surface area contributed by atoms with E-state index in [1.165, 1.54) is 17.4 Å². The minimum absolute atomic E-state index is 0.0560. The lowest BCUT2D eigenvalue weighted by Gasteiger charge is -2.24. The average Bonchev–Trinajstić information content (AvgIpc) is 3.29. The first-order chi connectivity index (χ1) is 19.5. The van der Waals surface area contributed by atoms with Gasteiger partial charge >= 0.3 is 5.97 Å². The van der Waals surface area contributed by atoms with Crippen LogP contribution in [0, 0.1) is 0 Å². The molecule has 5 rings (SSSR count). The number of esters is 1. The summed E-state index contributed by atoms with van der Waals surface area (Å²) >= 11 is 1.28. The molecule has 0 N–H and O–H groups in total. The maximum absolute atomic E-state index is 13.8. The summed E-state index contributed by atoms with van der Waals surface area (Å²) in [5.41, 5.74) is 3.25. The quantitative estimate of drug-likeness (QED) is 0.225. The molecule has 0 saturated heterocycles. The van der Waals surface area contributed by atoms with Gasteiger partial charge in [-0.25, -0.2) is 9.79 Å². The molecular formula is C32H28N2O5S. The van der Waals surface area contributed by atoms with Crippen LogP contribution in [0.15, 0.2) is 113 Å². The fourth-order valence-electron chi connectivity index (χ4n) is 4.45. The van der Waals surface area contributed by atoms with Crippen LogP contribution in [0.2, 0.25) is 0 Å². The van der Waals surface area contributed by atoms with Crippen LogP contribution in [-0.2, 0) is 16.1 Å². The number of carbonyl (C=O) groups excluding carboxylic acids is 1. The Hall–Kier alpha value is -4.69. The molecule has 1 unspecified atom stereocenters. The maximum atomic E-state index is 13.8. The largest absolute Gasteiger partial charge is 0.497 e. The molecule has 1 aliphatic rings. The molecule has 0 bridgehead atoms. The summed E-state index contributed by atoms with van der Waals surface area (Å²) in [6, 6.07) is 24.1. The van der Waals surface area contributed by atoms with Crippen LogP contribution in [-0.4, -0.2) is 24.3 Å². The van der Waals surface area contributed by atoms with Gasteiger partial charge in [-0.1, -0.05) is 78.6 Å². The van der Waals surface area contributed by atoms with Gasteiger partial charge in [-0.15, -0.1) is 0 Å². The van der Waals surface area contributed by atoms with Gasteiger partial charge in [0.25, 0.3) is 5.56 Å². The fraction of sp³-hybridized carbons (Fsp3) is 0.156. The van der Waals surface area contributed by atoms with Gasteiger partial charge in [0.05, 0.1) is 29.0 Å². The Morgan fingerprint density at radius 2 is 1.73 bits per heavy atom. The standard InChI is InChI=1S/C32H28N2O5S/c1-4-18-38-31(36)28-21(2)33-32-34(29(28)24-12-16-25(37-3)17-13-24)30(35)27(40-32)19-22-10-14-26(15-11-22)39-20-23-8-6-5-7-9-23/h4-17,19,29H,1,18,20H2,2-3H3/b27-19+. The molecule has 202 valence electrons. The first-order valence-corrected chi connectivity index (χ1v) is 13.5. The second kappa shape index (κ2) is 12.0. The van der Waals surface area contributed by atoms with Crippen LogP contribution in [0.25, 0.3) is 6.08 Å². The molecule has 0 saturated carbocycles. The van der Waals surface area contributed by atoms with Gasteiger partial charge in [0.15, 0.2) is 4.80 Å². The molecule has 0 aliphatic carbocycles. The summed E-state index contributed by atoms with van der Waals surface area (Å²) in [7, 11) is 1.59. The number of ether oxygens (including phenoxy) is 3. The second-order valence-corrected chi connectivity index (χ2v) is 10.1. The monoisotopic (exact) mass is 552 g/mol. The Morgan fingerprint density at radius 3 is 2.40 bits per heavy atom. The van der Waals surface area contributed by atoms with Crippen molar-refractivity contribution in [3.63, 3.8) is 0 Å². The molecule has 1 atom stereocenters. The molecule has 0 fully saturated rings. The van der Waals surface area contributed by atoms with Crippen molar-refractivity contribution >= 4 is 23.4 Å². The van der Waals surface area contributed by atoms with E-state index in [1.54, 1.807) is 30.7 Å². The SMILES string of the molecule is C=CCOC(=O)C1=C(C)N=c2s/c(=C/c3ccc(OCc4ccccc4)cc3)c(=O)n2C1c1ccc(OC)cc1. The molecule has 1 aromatic heterocycles. The molecule has 4 aromatic rings. The van der Waals surface area contributed by atoms with E-state index in [0.717, 1.165) is 22.4 Å². The first kappa shape index (κ1) is 26.9. The molecular weight excluding hydrogens is 524 g/mol. The number of aromatic nitrogens is 1. The van der Waals surface area contributed by atoms with Gasteiger partial charge in [0.2, 0.25) is 0 Å². The van der Waals surface area contributed by atoms with E-state index >= 15 is 0 Å². The highest BCUT2D eigenvalue weighted by Crippen LogP contribution is 2.31. The van der Waals surface area contributed by atoms with E-state index in [1.807, 2.05) is 72.8 Å². The third-order valence-corrected chi connectivity index (χ3v) is 7.41. The zero-order valence-electron chi connectivity index (χ0n) is 22.2. The maximum Gasteiger partial charge on any atom is 0.338 e. The average molecular weight is 553 g/mol. The van der Waals surface area contributed by atoms with E-state index in [-0.39, 0.29) is 12.2 Å². The molecule has 8 heteroatoms. The Bertz CT molecular complexity index is 1730. The van der Waals surface area contributed by atoms with Crippen molar-refractivity contribution in [2.45, 2.75) is 19.6 Å². The van der Waals surface area contributed by atoms with E-state index < -0.39 is 12.0 Å². The highest BCUT2D eigenvalue weighted by molar-refractivity contribution is 7.07. The summed E-state index contributed by atoms with van der Waals surface area (Å²) < 4.78 is 18.6. The molecule has 3 aromatic carbocycles. The molecule has 7 nitrogen and oxygen atoms in total. The number of nitrogens with zero attached hydrogens (tertiary/aromatic N) is 2. The number of benzene rings is 3. The molecule has 0 spiro atoms. The minimum atomic E-state index is -0.699. The van der Waals surface area contributed by atoms with Crippen LogP contribution >= 0.6 is 11.3 Å². The van der Waals surface area contributed by atoms with Gasteiger partial charge in [-0.3, -0.25) is 9.36 Å².